The largest absolute Gasteiger partial charge is 0.382 e. The number of hydrogen-bond acceptors (Lipinski definition) is 6. The van der Waals surface area contributed by atoms with E-state index in [1.807, 2.05) is 0 Å². The molecule has 2 aromatic rings. The minimum atomic E-state index is -3.00. The van der Waals surface area contributed by atoms with E-state index in [2.05, 4.69) is 15.0 Å². The second-order valence-corrected chi connectivity index (χ2v) is 5.76. The van der Waals surface area contributed by atoms with Crippen LogP contribution in [0.15, 0.2) is 12.7 Å². The number of nitrogens with two attached hydrogens (primary N) is 1. The number of nitrogens with zero attached hydrogens (tertiary/aromatic N) is 4. The zero-order chi connectivity index (χ0) is 11.8. The number of hydrogen-bond donors (Lipinski definition) is 1. The molecule has 2 aromatic heterocycles. The normalized spacial score (nSPS) is 12.1. The molecule has 86 valence electrons. The van der Waals surface area contributed by atoms with Crippen molar-refractivity contribution >= 4 is 26.8 Å². The van der Waals surface area contributed by atoms with Crippen LogP contribution in [0.3, 0.4) is 0 Å². The van der Waals surface area contributed by atoms with Gasteiger partial charge in [-0.15, -0.1) is 0 Å². The van der Waals surface area contributed by atoms with E-state index >= 15 is 0 Å². The fraction of sp³-hybridized carbons (Fsp3) is 0.375. The minimum absolute atomic E-state index is 0.0440. The fourth-order valence-corrected chi connectivity index (χ4v) is 1.85. The Bertz CT molecular complexity index is 618. The molecule has 0 aromatic carbocycles. The summed E-state index contributed by atoms with van der Waals surface area (Å²) in [6, 6.07) is 0. The van der Waals surface area contributed by atoms with Crippen molar-refractivity contribution in [1.82, 2.24) is 19.5 Å². The molecular formula is C8H11N5O2S. The molecule has 2 rings (SSSR count). The van der Waals surface area contributed by atoms with Gasteiger partial charge in [0.25, 0.3) is 0 Å². The minimum Gasteiger partial charge on any atom is -0.382 e. The van der Waals surface area contributed by atoms with Crippen LogP contribution in [0.2, 0.25) is 0 Å². The van der Waals surface area contributed by atoms with Gasteiger partial charge in [-0.05, 0) is 0 Å². The summed E-state index contributed by atoms with van der Waals surface area (Å²) in [5.74, 6) is 0.339. The van der Waals surface area contributed by atoms with E-state index in [1.54, 1.807) is 4.57 Å². The van der Waals surface area contributed by atoms with Crippen molar-refractivity contribution in [2.24, 2.45) is 0 Å². The van der Waals surface area contributed by atoms with E-state index in [9.17, 15) is 8.42 Å². The van der Waals surface area contributed by atoms with E-state index in [1.165, 1.54) is 18.9 Å². The van der Waals surface area contributed by atoms with E-state index in [-0.39, 0.29) is 5.75 Å². The van der Waals surface area contributed by atoms with Crippen LogP contribution in [0.4, 0.5) is 5.82 Å². The summed E-state index contributed by atoms with van der Waals surface area (Å²) in [5.41, 5.74) is 6.65. The van der Waals surface area contributed by atoms with Crippen molar-refractivity contribution in [2.75, 3.05) is 17.7 Å². The number of anilines is 1. The maximum absolute atomic E-state index is 11.0. The van der Waals surface area contributed by atoms with Crippen LogP contribution in [0.1, 0.15) is 0 Å². The SMILES string of the molecule is CS(=O)(=O)CCn1cnc2c(N)ncnc21. The van der Waals surface area contributed by atoms with Crippen molar-refractivity contribution in [1.29, 1.82) is 0 Å². The number of fused-ring (bicyclic) bond motifs is 1. The van der Waals surface area contributed by atoms with Crippen LogP contribution in [0.5, 0.6) is 0 Å². The summed E-state index contributed by atoms with van der Waals surface area (Å²) < 4.78 is 23.7. The summed E-state index contributed by atoms with van der Waals surface area (Å²) >= 11 is 0. The molecule has 0 aliphatic heterocycles. The van der Waals surface area contributed by atoms with Crippen LogP contribution < -0.4 is 5.73 Å². The Labute approximate surface area is 92.3 Å². The van der Waals surface area contributed by atoms with Crippen LogP contribution in [0, 0.1) is 0 Å². The zero-order valence-electron chi connectivity index (χ0n) is 8.66. The van der Waals surface area contributed by atoms with Gasteiger partial charge in [0.15, 0.2) is 11.5 Å². The lowest BCUT2D eigenvalue weighted by atomic mass is 10.5. The zero-order valence-corrected chi connectivity index (χ0v) is 9.48. The van der Waals surface area contributed by atoms with Gasteiger partial charge in [0.05, 0.1) is 12.1 Å². The monoisotopic (exact) mass is 241 g/mol. The highest BCUT2D eigenvalue weighted by molar-refractivity contribution is 7.90. The number of rotatable bonds is 3. The first-order chi connectivity index (χ1) is 7.47. The van der Waals surface area contributed by atoms with Gasteiger partial charge in [-0.3, -0.25) is 0 Å². The molecule has 16 heavy (non-hydrogen) atoms. The lowest BCUT2D eigenvalue weighted by Crippen LogP contribution is -2.10. The van der Waals surface area contributed by atoms with E-state index in [0.717, 1.165) is 0 Å². The van der Waals surface area contributed by atoms with E-state index in [4.69, 9.17) is 5.73 Å². The molecule has 0 saturated heterocycles. The molecule has 0 aliphatic carbocycles. The molecule has 0 atom stereocenters. The molecule has 2 N–H and O–H groups in total. The lowest BCUT2D eigenvalue weighted by molar-refractivity contribution is 0.595. The maximum atomic E-state index is 11.0. The third-order valence-electron chi connectivity index (χ3n) is 2.13. The average Bonchev–Trinajstić information content (AvgIpc) is 2.58. The van der Waals surface area contributed by atoms with Crippen molar-refractivity contribution in [3.05, 3.63) is 12.7 Å². The van der Waals surface area contributed by atoms with E-state index < -0.39 is 9.84 Å². The number of imidazole rings is 1. The Morgan fingerprint density at radius 2 is 2.12 bits per heavy atom. The summed E-state index contributed by atoms with van der Waals surface area (Å²) in [5, 5.41) is 0. The maximum Gasteiger partial charge on any atom is 0.165 e. The predicted molar refractivity (Wildman–Crippen MR) is 59.4 cm³/mol. The van der Waals surface area contributed by atoms with Gasteiger partial charge in [-0.2, -0.15) is 0 Å². The predicted octanol–water partition coefficient (Wildman–Crippen LogP) is -0.547. The topological polar surface area (TPSA) is 104 Å². The standard InChI is InChI=1S/C8H11N5O2S/c1-16(14,15)3-2-13-5-12-6-7(9)10-4-11-8(6)13/h4-5H,2-3H2,1H3,(H2,9,10,11). The molecule has 0 unspecified atom stereocenters. The number of aromatic nitrogens is 4. The molecule has 2 heterocycles. The second kappa shape index (κ2) is 3.71. The first-order valence-corrected chi connectivity index (χ1v) is 6.62. The van der Waals surface area contributed by atoms with Gasteiger partial charge < -0.3 is 10.3 Å². The summed E-state index contributed by atoms with van der Waals surface area (Å²) in [4.78, 5) is 11.9. The smallest absolute Gasteiger partial charge is 0.165 e. The highest BCUT2D eigenvalue weighted by Crippen LogP contribution is 2.13. The molecule has 0 aliphatic rings. The molecule has 0 fully saturated rings. The molecule has 0 amide bonds. The van der Waals surface area contributed by atoms with Crippen LogP contribution >= 0.6 is 0 Å². The van der Waals surface area contributed by atoms with Crippen molar-refractivity contribution in [2.45, 2.75) is 6.54 Å². The van der Waals surface area contributed by atoms with Gasteiger partial charge in [0.2, 0.25) is 0 Å². The summed E-state index contributed by atoms with van der Waals surface area (Å²) in [6.45, 7) is 0.311. The lowest BCUT2D eigenvalue weighted by Gasteiger charge is -2.01. The molecule has 7 nitrogen and oxygen atoms in total. The molecule has 0 bridgehead atoms. The third kappa shape index (κ3) is 2.11. The highest BCUT2D eigenvalue weighted by atomic mass is 32.2. The first-order valence-electron chi connectivity index (χ1n) is 4.56. The number of sulfone groups is 1. The second-order valence-electron chi connectivity index (χ2n) is 3.50. The van der Waals surface area contributed by atoms with Gasteiger partial charge in [0, 0.05) is 12.8 Å². The van der Waals surface area contributed by atoms with Crippen LogP contribution in [-0.2, 0) is 16.4 Å². The Morgan fingerprint density at radius 3 is 2.81 bits per heavy atom. The van der Waals surface area contributed by atoms with Crippen molar-refractivity contribution in [3.63, 3.8) is 0 Å². The third-order valence-corrected chi connectivity index (χ3v) is 3.06. The van der Waals surface area contributed by atoms with Gasteiger partial charge in [-0.25, -0.2) is 23.4 Å². The van der Waals surface area contributed by atoms with Gasteiger partial charge in [-0.1, -0.05) is 0 Å². The fourth-order valence-electron chi connectivity index (χ4n) is 1.33. The number of nitrogen functional groups attached to an aromatic ring is 1. The van der Waals surface area contributed by atoms with Crippen molar-refractivity contribution in [3.8, 4) is 0 Å². The Kier molecular flexibility index (Phi) is 2.50. The van der Waals surface area contributed by atoms with Crippen LogP contribution in [-0.4, -0.2) is 39.9 Å². The van der Waals surface area contributed by atoms with Crippen molar-refractivity contribution < 1.29 is 8.42 Å². The highest BCUT2D eigenvalue weighted by Gasteiger charge is 2.09. The molecule has 0 radical (unpaired) electrons. The Hall–Kier alpha value is -1.70. The Morgan fingerprint density at radius 1 is 1.38 bits per heavy atom. The van der Waals surface area contributed by atoms with Gasteiger partial charge in [0.1, 0.15) is 21.7 Å². The first kappa shape index (κ1) is 10.8. The summed E-state index contributed by atoms with van der Waals surface area (Å²) in [6.07, 6.45) is 4.03. The van der Waals surface area contributed by atoms with E-state index in [0.29, 0.717) is 23.5 Å². The quantitative estimate of drug-likeness (QED) is 0.773. The molecular weight excluding hydrogens is 230 g/mol. The number of aryl methyl sites for hydroxylation is 1. The molecule has 0 saturated carbocycles. The molecule has 8 heteroatoms. The average molecular weight is 241 g/mol. The van der Waals surface area contributed by atoms with Gasteiger partial charge >= 0.3 is 0 Å². The summed E-state index contributed by atoms with van der Waals surface area (Å²) in [7, 11) is -3.00. The van der Waals surface area contributed by atoms with Crippen LogP contribution in [0.25, 0.3) is 11.2 Å². The molecule has 0 spiro atoms. The Balaban J connectivity index is 2.36.